The molecule has 1 atom stereocenters. The van der Waals surface area contributed by atoms with Gasteiger partial charge in [0.2, 0.25) is 11.8 Å². The van der Waals surface area contributed by atoms with Crippen molar-refractivity contribution < 1.29 is 18.0 Å². The fourth-order valence-corrected chi connectivity index (χ4v) is 6.30. The summed E-state index contributed by atoms with van der Waals surface area (Å²) >= 11 is 12.6. The van der Waals surface area contributed by atoms with Crippen LogP contribution in [0.5, 0.6) is 0 Å². The van der Waals surface area contributed by atoms with E-state index in [4.69, 9.17) is 23.2 Å². The van der Waals surface area contributed by atoms with Crippen molar-refractivity contribution in [3.05, 3.63) is 130 Å². The average molecular weight is 611 g/mol. The van der Waals surface area contributed by atoms with E-state index in [1.54, 1.807) is 66.7 Å². The van der Waals surface area contributed by atoms with Crippen LogP contribution in [0.1, 0.15) is 11.1 Å². The zero-order valence-electron chi connectivity index (χ0n) is 22.3. The molecule has 0 saturated carbocycles. The third-order valence-electron chi connectivity index (χ3n) is 6.53. The van der Waals surface area contributed by atoms with Gasteiger partial charge in [0.25, 0.3) is 10.0 Å². The molecule has 0 aliphatic rings. The van der Waals surface area contributed by atoms with Gasteiger partial charge in [0, 0.05) is 30.1 Å². The molecule has 0 saturated heterocycles. The molecule has 2 amide bonds. The van der Waals surface area contributed by atoms with Crippen LogP contribution in [0.2, 0.25) is 10.0 Å². The Bertz CT molecular complexity index is 1590. The average Bonchev–Trinajstić information content (AvgIpc) is 2.99. The highest BCUT2D eigenvalue weighted by molar-refractivity contribution is 7.92. The van der Waals surface area contributed by atoms with Crippen LogP contribution in [0, 0.1) is 0 Å². The van der Waals surface area contributed by atoms with Gasteiger partial charge in [0.15, 0.2) is 0 Å². The predicted molar refractivity (Wildman–Crippen MR) is 162 cm³/mol. The van der Waals surface area contributed by atoms with E-state index in [-0.39, 0.29) is 17.9 Å². The lowest BCUT2D eigenvalue weighted by Crippen LogP contribution is -2.53. The Morgan fingerprint density at radius 2 is 1.41 bits per heavy atom. The lowest BCUT2D eigenvalue weighted by Gasteiger charge is -2.33. The zero-order valence-corrected chi connectivity index (χ0v) is 24.6. The smallest absolute Gasteiger partial charge is 0.264 e. The van der Waals surface area contributed by atoms with Gasteiger partial charge in [0.05, 0.1) is 10.6 Å². The Morgan fingerprint density at radius 1 is 0.829 bits per heavy atom. The second-order valence-corrected chi connectivity index (χ2v) is 11.9. The largest absolute Gasteiger partial charge is 0.357 e. The maximum absolute atomic E-state index is 14.2. The molecule has 10 heteroatoms. The summed E-state index contributed by atoms with van der Waals surface area (Å²) in [7, 11) is -2.64. The van der Waals surface area contributed by atoms with E-state index in [1.807, 2.05) is 30.3 Å². The molecule has 4 aromatic carbocycles. The van der Waals surface area contributed by atoms with Gasteiger partial charge in [-0.2, -0.15) is 0 Å². The second kappa shape index (κ2) is 13.7. The molecule has 0 aliphatic heterocycles. The summed E-state index contributed by atoms with van der Waals surface area (Å²) in [5, 5.41) is 3.40. The molecule has 4 aromatic rings. The summed E-state index contributed by atoms with van der Waals surface area (Å²) in [4.78, 5) is 28.9. The van der Waals surface area contributed by atoms with E-state index in [9.17, 15) is 18.0 Å². The maximum atomic E-state index is 14.2. The van der Waals surface area contributed by atoms with Gasteiger partial charge >= 0.3 is 0 Å². The highest BCUT2D eigenvalue weighted by Gasteiger charge is 2.34. The number of carbonyl (C=O) groups excluding carboxylic acids is 2. The Balaban J connectivity index is 1.78. The van der Waals surface area contributed by atoms with Crippen LogP contribution in [0.4, 0.5) is 5.69 Å². The van der Waals surface area contributed by atoms with Crippen LogP contribution in [-0.2, 0) is 32.6 Å². The van der Waals surface area contributed by atoms with Crippen molar-refractivity contribution in [2.45, 2.75) is 23.9 Å². The lowest BCUT2D eigenvalue weighted by molar-refractivity contribution is -0.139. The minimum Gasteiger partial charge on any atom is -0.357 e. The minimum atomic E-state index is -4.14. The monoisotopic (exact) mass is 609 g/mol. The number of anilines is 1. The van der Waals surface area contributed by atoms with Gasteiger partial charge in [-0.25, -0.2) is 8.42 Å². The molecule has 0 fully saturated rings. The van der Waals surface area contributed by atoms with Crippen LogP contribution < -0.4 is 9.62 Å². The Morgan fingerprint density at radius 3 is 2.00 bits per heavy atom. The fourth-order valence-electron chi connectivity index (χ4n) is 4.40. The van der Waals surface area contributed by atoms with Crippen molar-refractivity contribution in [3.8, 4) is 0 Å². The number of nitrogens with zero attached hydrogens (tertiary/aromatic N) is 2. The summed E-state index contributed by atoms with van der Waals surface area (Å²) in [5.41, 5.74) is 1.70. The first-order valence-electron chi connectivity index (χ1n) is 12.8. The molecule has 212 valence electrons. The van der Waals surface area contributed by atoms with Gasteiger partial charge < -0.3 is 10.2 Å². The number of nitrogens with one attached hydrogen (secondary N) is 1. The van der Waals surface area contributed by atoms with Crippen molar-refractivity contribution in [1.29, 1.82) is 0 Å². The van der Waals surface area contributed by atoms with Gasteiger partial charge in [-0.3, -0.25) is 13.9 Å². The first kappa shape index (κ1) is 30.1. The molecule has 0 heterocycles. The van der Waals surface area contributed by atoms with E-state index >= 15 is 0 Å². The van der Waals surface area contributed by atoms with Crippen molar-refractivity contribution in [1.82, 2.24) is 10.2 Å². The van der Waals surface area contributed by atoms with Crippen molar-refractivity contribution in [3.63, 3.8) is 0 Å². The molecular formula is C31H29Cl2N3O4S. The van der Waals surface area contributed by atoms with E-state index in [2.05, 4.69) is 5.32 Å². The SMILES string of the molecule is CNC(=O)[C@H](Cc1ccccc1)N(Cc1ccc(Cl)cc1Cl)C(=O)CN(c1ccccc1)S(=O)(=O)c1ccccc1. The fraction of sp³-hybridized carbons (Fsp3) is 0.161. The number of likely N-dealkylation sites (N-methyl/N-ethyl adjacent to an activating group) is 1. The van der Waals surface area contributed by atoms with E-state index in [0.717, 1.165) is 9.87 Å². The van der Waals surface area contributed by atoms with Crippen LogP contribution in [0.3, 0.4) is 0 Å². The van der Waals surface area contributed by atoms with Crippen molar-refractivity contribution >= 4 is 50.7 Å². The normalized spacial score (nSPS) is 11.9. The van der Waals surface area contributed by atoms with Crippen LogP contribution in [0.25, 0.3) is 0 Å². The molecule has 0 radical (unpaired) electrons. The third kappa shape index (κ3) is 7.47. The van der Waals surface area contributed by atoms with Crippen LogP contribution in [-0.4, -0.2) is 44.8 Å². The molecule has 0 unspecified atom stereocenters. The van der Waals surface area contributed by atoms with Crippen LogP contribution >= 0.6 is 23.2 Å². The number of amides is 2. The zero-order chi connectivity index (χ0) is 29.4. The summed E-state index contributed by atoms with van der Waals surface area (Å²) in [6, 6.07) is 29.5. The summed E-state index contributed by atoms with van der Waals surface area (Å²) < 4.78 is 28.7. The topological polar surface area (TPSA) is 86.8 Å². The second-order valence-electron chi connectivity index (χ2n) is 9.24. The predicted octanol–water partition coefficient (Wildman–Crippen LogP) is 5.57. The summed E-state index contributed by atoms with van der Waals surface area (Å²) in [6.07, 6.45) is 0.203. The van der Waals surface area contributed by atoms with Gasteiger partial charge in [0.1, 0.15) is 12.6 Å². The molecule has 0 aromatic heterocycles. The number of para-hydroxylation sites is 1. The number of sulfonamides is 1. The molecule has 0 spiro atoms. The van der Waals surface area contributed by atoms with E-state index in [1.165, 1.54) is 24.1 Å². The first-order valence-corrected chi connectivity index (χ1v) is 15.0. The van der Waals surface area contributed by atoms with E-state index in [0.29, 0.717) is 21.3 Å². The molecule has 0 aliphatic carbocycles. The highest BCUT2D eigenvalue weighted by atomic mass is 35.5. The third-order valence-corrected chi connectivity index (χ3v) is 8.90. The first-order chi connectivity index (χ1) is 19.7. The quantitative estimate of drug-likeness (QED) is 0.241. The number of rotatable bonds is 11. The molecule has 0 bridgehead atoms. The lowest BCUT2D eigenvalue weighted by atomic mass is 10.0. The molecule has 4 rings (SSSR count). The summed E-state index contributed by atoms with van der Waals surface area (Å²) in [5.74, 6) is -0.978. The maximum Gasteiger partial charge on any atom is 0.264 e. The number of hydrogen-bond donors (Lipinski definition) is 1. The number of benzene rings is 4. The minimum absolute atomic E-state index is 0.0380. The Hall–Kier alpha value is -3.85. The number of halogens is 2. The Kier molecular flexibility index (Phi) is 10.0. The van der Waals surface area contributed by atoms with Gasteiger partial charge in [-0.15, -0.1) is 0 Å². The number of hydrogen-bond acceptors (Lipinski definition) is 4. The molecule has 1 N–H and O–H groups in total. The molecule has 41 heavy (non-hydrogen) atoms. The van der Waals surface area contributed by atoms with Crippen molar-refractivity contribution in [2.75, 3.05) is 17.9 Å². The van der Waals surface area contributed by atoms with Gasteiger partial charge in [-0.05, 0) is 47.5 Å². The van der Waals surface area contributed by atoms with Gasteiger partial charge in [-0.1, -0.05) is 96.0 Å². The van der Waals surface area contributed by atoms with E-state index < -0.39 is 34.4 Å². The summed E-state index contributed by atoms with van der Waals surface area (Å²) in [6.45, 7) is -0.595. The number of carbonyl (C=O) groups is 2. The standard InChI is InChI=1S/C31H29Cl2N3O4S/c1-34-31(38)29(19-23-11-5-2-6-12-23)35(21-24-17-18-25(32)20-28(24)33)30(37)22-36(26-13-7-3-8-14-26)41(39,40)27-15-9-4-10-16-27/h2-18,20,29H,19,21-22H2,1H3,(H,34,38)/t29-/m0/s1. The highest BCUT2D eigenvalue weighted by Crippen LogP contribution is 2.27. The molecular weight excluding hydrogens is 581 g/mol. The van der Waals surface area contributed by atoms with Crippen LogP contribution in [0.15, 0.2) is 114 Å². The molecule has 7 nitrogen and oxygen atoms in total. The Labute approximate surface area is 250 Å². The van der Waals surface area contributed by atoms with Crippen molar-refractivity contribution in [2.24, 2.45) is 0 Å².